The summed E-state index contributed by atoms with van der Waals surface area (Å²) in [5.74, 6) is -1.40. The number of amides is 3. The number of benzene rings is 1. The SMILES string of the molecule is CCOC(=O)/C=C/CCC(NC(=O)c1ccc(N2CCCCC2)cc1)C(=O)Nc1cccn(CC(=O)NCCC(C)C)c1=O. The molecule has 1 saturated heterocycles. The van der Waals surface area contributed by atoms with E-state index in [4.69, 9.17) is 4.74 Å². The van der Waals surface area contributed by atoms with Crippen LogP contribution < -0.4 is 26.4 Å². The topological polar surface area (TPSA) is 139 Å². The maximum Gasteiger partial charge on any atom is 0.330 e. The molecular formula is C33H45N5O6. The van der Waals surface area contributed by atoms with Crippen molar-refractivity contribution in [1.82, 2.24) is 15.2 Å². The number of anilines is 2. The van der Waals surface area contributed by atoms with Gasteiger partial charge in [-0.15, -0.1) is 0 Å². The number of ether oxygens (including phenoxy) is 1. The molecule has 1 fully saturated rings. The van der Waals surface area contributed by atoms with Gasteiger partial charge in [0, 0.05) is 43.2 Å². The number of allylic oxidation sites excluding steroid dienone is 1. The molecule has 0 bridgehead atoms. The van der Waals surface area contributed by atoms with E-state index in [9.17, 15) is 24.0 Å². The maximum absolute atomic E-state index is 13.4. The molecule has 0 radical (unpaired) electrons. The molecule has 3 rings (SSSR count). The lowest BCUT2D eigenvalue weighted by atomic mass is 10.1. The first-order chi connectivity index (χ1) is 21.2. The van der Waals surface area contributed by atoms with Gasteiger partial charge >= 0.3 is 5.97 Å². The number of hydrogen-bond acceptors (Lipinski definition) is 7. The Bertz CT molecular complexity index is 1350. The average Bonchev–Trinajstić information content (AvgIpc) is 3.01. The van der Waals surface area contributed by atoms with Gasteiger partial charge < -0.3 is 30.2 Å². The molecule has 238 valence electrons. The van der Waals surface area contributed by atoms with Gasteiger partial charge in [-0.2, -0.15) is 0 Å². The average molecular weight is 608 g/mol. The van der Waals surface area contributed by atoms with Crippen molar-refractivity contribution in [2.75, 3.05) is 36.5 Å². The minimum Gasteiger partial charge on any atom is -0.463 e. The van der Waals surface area contributed by atoms with Crippen molar-refractivity contribution < 1.29 is 23.9 Å². The first-order valence-electron chi connectivity index (χ1n) is 15.4. The van der Waals surface area contributed by atoms with E-state index in [0.717, 1.165) is 38.0 Å². The summed E-state index contributed by atoms with van der Waals surface area (Å²) < 4.78 is 6.11. The lowest BCUT2D eigenvalue weighted by Gasteiger charge is -2.28. The van der Waals surface area contributed by atoms with E-state index >= 15 is 0 Å². The summed E-state index contributed by atoms with van der Waals surface area (Å²) in [6, 6.07) is 9.28. The van der Waals surface area contributed by atoms with Gasteiger partial charge in [0.25, 0.3) is 11.5 Å². The molecule has 1 atom stereocenters. The summed E-state index contributed by atoms with van der Waals surface area (Å²) in [7, 11) is 0. The third-order valence-electron chi connectivity index (χ3n) is 7.27. The zero-order chi connectivity index (χ0) is 31.9. The fourth-order valence-corrected chi connectivity index (χ4v) is 4.81. The zero-order valence-electron chi connectivity index (χ0n) is 26.0. The Kier molecular flexibility index (Phi) is 13.7. The molecule has 2 aromatic rings. The van der Waals surface area contributed by atoms with E-state index in [1.54, 1.807) is 31.2 Å². The lowest BCUT2D eigenvalue weighted by molar-refractivity contribution is -0.137. The number of nitrogens with zero attached hydrogens (tertiary/aromatic N) is 2. The Hall–Kier alpha value is -4.41. The zero-order valence-corrected chi connectivity index (χ0v) is 26.0. The highest BCUT2D eigenvalue weighted by Gasteiger charge is 2.23. The van der Waals surface area contributed by atoms with E-state index in [2.05, 4.69) is 34.7 Å². The lowest BCUT2D eigenvalue weighted by Crippen LogP contribution is -2.44. The Morgan fingerprint density at radius 3 is 2.41 bits per heavy atom. The quantitative estimate of drug-likeness (QED) is 0.208. The number of hydrogen-bond donors (Lipinski definition) is 3. The first-order valence-corrected chi connectivity index (χ1v) is 15.4. The molecule has 11 heteroatoms. The summed E-state index contributed by atoms with van der Waals surface area (Å²) in [4.78, 5) is 65.9. The number of carbonyl (C=O) groups excluding carboxylic acids is 4. The number of esters is 1. The summed E-state index contributed by atoms with van der Waals surface area (Å²) in [6.07, 6.45) is 9.11. The second-order valence-electron chi connectivity index (χ2n) is 11.2. The minimum atomic E-state index is -1.01. The van der Waals surface area contributed by atoms with E-state index in [-0.39, 0.29) is 31.2 Å². The van der Waals surface area contributed by atoms with E-state index < -0.39 is 29.4 Å². The number of nitrogens with one attached hydrogen (secondary N) is 3. The van der Waals surface area contributed by atoms with Gasteiger partial charge in [-0.05, 0) is 87.8 Å². The third-order valence-corrected chi connectivity index (χ3v) is 7.27. The normalized spacial score (nSPS) is 13.9. The molecule has 1 aliphatic rings. The smallest absolute Gasteiger partial charge is 0.330 e. The maximum atomic E-state index is 13.4. The summed E-state index contributed by atoms with van der Waals surface area (Å²) >= 11 is 0. The van der Waals surface area contributed by atoms with Gasteiger partial charge in [0.05, 0.1) is 6.61 Å². The molecule has 2 heterocycles. The van der Waals surface area contributed by atoms with Crippen LogP contribution in [0.4, 0.5) is 11.4 Å². The second-order valence-corrected chi connectivity index (χ2v) is 11.2. The fourth-order valence-electron chi connectivity index (χ4n) is 4.81. The highest BCUT2D eigenvalue weighted by molar-refractivity contribution is 6.01. The molecule has 1 aromatic carbocycles. The van der Waals surface area contributed by atoms with Gasteiger partial charge in [0.1, 0.15) is 18.3 Å². The van der Waals surface area contributed by atoms with E-state index in [1.165, 1.54) is 29.3 Å². The van der Waals surface area contributed by atoms with Crippen LogP contribution in [0.3, 0.4) is 0 Å². The van der Waals surface area contributed by atoms with Crippen molar-refractivity contribution >= 4 is 35.1 Å². The number of carbonyl (C=O) groups is 4. The number of aromatic nitrogens is 1. The van der Waals surface area contributed by atoms with Crippen LogP contribution in [0.15, 0.2) is 59.5 Å². The van der Waals surface area contributed by atoms with Gasteiger partial charge in [-0.1, -0.05) is 19.9 Å². The predicted octanol–water partition coefficient (Wildman–Crippen LogP) is 3.64. The van der Waals surface area contributed by atoms with Crippen molar-refractivity contribution in [3.8, 4) is 0 Å². The Balaban J connectivity index is 1.70. The van der Waals surface area contributed by atoms with Crippen LogP contribution in [0.1, 0.15) is 69.7 Å². The molecule has 3 N–H and O–H groups in total. The Labute approximate surface area is 259 Å². The van der Waals surface area contributed by atoms with Crippen molar-refractivity contribution in [2.45, 2.75) is 71.9 Å². The third kappa shape index (κ3) is 11.0. The molecular weight excluding hydrogens is 562 g/mol. The predicted molar refractivity (Wildman–Crippen MR) is 171 cm³/mol. The number of rotatable bonds is 15. The van der Waals surface area contributed by atoms with Gasteiger partial charge in [-0.25, -0.2) is 4.79 Å². The molecule has 11 nitrogen and oxygen atoms in total. The largest absolute Gasteiger partial charge is 0.463 e. The molecule has 3 amide bonds. The number of pyridine rings is 1. The van der Waals surface area contributed by atoms with Crippen LogP contribution in [0.2, 0.25) is 0 Å². The highest BCUT2D eigenvalue weighted by Crippen LogP contribution is 2.20. The minimum absolute atomic E-state index is 0.0142. The van der Waals surface area contributed by atoms with Crippen molar-refractivity contribution in [2.24, 2.45) is 5.92 Å². The number of piperidine rings is 1. The van der Waals surface area contributed by atoms with Crippen LogP contribution in [0, 0.1) is 5.92 Å². The molecule has 0 aliphatic carbocycles. The molecule has 0 spiro atoms. The Morgan fingerprint density at radius 2 is 1.73 bits per heavy atom. The van der Waals surface area contributed by atoms with Gasteiger partial charge in [0.2, 0.25) is 11.8 Å². The standard InChI is InChI=1S/C33H45N5O6/c1-4-44-30(40)13-7-6-11-27(35-31(41)25-14-16-26(17-15-25)37-20-8-5-9-21-37)32(42)36-28-12-10-22-38(33(28)43)23-29(39)34-19-18-24(2)3/h7,10,12-17,22,24,27H,4-6,8-9,11,18-21,23H2,1-3H3,(H,34,39)(H,35,41)(H,36,42)/b13-7+. The van der Waals surface area contributed by atoms with Crippen molar-refractivity contribution in [3.63, 3.8) is 0 Å². The van der Waals surface area contributed by atoms with Gasteiger partial charge in [0.15, 0.2) is 0 Å². The molecule has 1 aromatic heterocycles. The summed E-state index contributed by atoms with van der Waals surface area (Å²) in [6.45, 7) is 8.35. The molecule has 1 aliphatic heterocycles. The van der Waals surface area contributed by atoms with Crippen LogP contribution in [0.25, 0.3) is 0 Å². The van der Waals surface area contributed by atoms with Crippen LogP contribution in [-0.4, -0.2) is 60.5 Å². The second kappa shape index (κ2) is 17.6. The van der Waals surface area contributed by atoms with Crippen LogP contribution in [-0.2, 0) is 25.7 Å². The Morgan fingerprint density at radius 1 is 1.00 bits per heavy atom. The first kappa shape index (κ1) is 34.1. The highest BCUT2D eigenvalue weighted by atomic mass is 16.5. The van der Waals surface area contributed by atoms with Crippen LogP contribution in [0.5, 0.6) is 0 Å². The van der Waals surface area contributed by atoms with E-state index in [0.29, 0.717) is 24.4 Å². The summed E-state index contributed by atoms with van der Waals surface area (Å²) in [5, 5.41) is 8.19. The van der Waals surface area contributed by atoms with Crippen LogP contribution >= 0.6 is 0 Å². The van der Waals surface area contributed by atoms with Crippen molar-refractivity contribution in [1.29, 1.82) is 0 Å². The molecule has 1 unspecified atom stereocenters. The van der Waals surface area contributed by atoms with Crippen molar-refractivity contribution in [3.05, 3.63) is 70.7 Å². The fraction of sp³-hybridized carbons (Fsp3) is 0.485. The monoisotopic (exact) mass is 607 g/mol. The summed E-state index contributed by atoms with van der Waals surface area (Å²) in [5.41, 5.74) is 0.893. The molecule has 0 saturated carbocycles. The van der Waals surface area contributed by atoms with Gasteiger partial charge in [-0.3, -0.25) is 19.2 Å². The van der Waals surface area contributed by atoms with E-state index in [1.807, 2.05) is 12.1 Å². The molecule has 44 heavy (non-hydrogen) atoms.